The van der Waals surface area contributed by atoms with E-state index in [0.717, 1.165) is 42.3 Å². The van der Waals surface area contributed by atoms with E-state index in [1.54, 1.807) is 0 Å². The topological polar surface area (TPSA) is 63.4 Å². The minimum absolute atomic E-state index is 0.106. The van der Waals surface area contributed by atoms with Gasteiger partial charge in [-0.3, -0.25) is 9.69 Å². The summed E-state index contributed by atoms with van der Waals surface area (Å²) in [7, 11) is 0. The molecule has 3 aromatic heterocycles. The summed E-state index contributed by atoms with van der Waals surface area (Å²) in [4.78, 5) is 24.5. The second-order valence-corrected chi connectivity index (χ2v) is 9.12. The molecule has 0 unspecified atom stereocenters. The largest absolute Gasteiger partial charge is 0.296 e. The number of nitrogens with zero attached hydrogens (tertiary/aromatic N) is 5. The smallest absolute Gasteiger partial charge is 0.275 e. The maximum Gasteiger partial charge on any atom is 0.275 e. The Balaban J connectivity index is 1.36. The SMILES string of the molecule is Cc1cc(=O)n2nc(CN3CCC[C@H](c4nc5ccccc5s4)C3)sc2n1. The highest BCUT2D eigenvalue weighted by molar-refractivity contribution is 7.18. The Morgan fingerprint density at radius 2 is 2.11 bits per heavy atom. The molecule has 6 nitrogen and oxygen atoms in total. The van der Waals surface area contributed by atoms with Gasteiger partial charge in [0.1, 0.15) is 5.01 Å². The molecule has 1 fully saturated rings. The lowest BCUT2D eigenvalue weighted by molar-refractivity contribution is 0.199. The van der Waals surface area contributed by atoms with Crippen molar-refractivity contribution in [2.24, 2.45) is 0 Å². The molecule has 5 rings (SSSR count). The first-order valence-electron chi connectivity index (χ1n) is 9.10. The summed E-state index contributed by atoms with van der Waals surface area (Å²) in [5, 5.41) is 6.66. The third kappa shape index (κ3) is 3.28. The molecule has 0 saturated carbocycles. The quantitative estimate of drug-likeness (QED) is 0.530. The number of hydrogen-bond acceptors (Lipinski definition) is 7. The Morgan fingerprint density at radius 3 is 3.00 bits per heavy atom. The minimum atomic E-state index is -0.106. The first kappa shape index (κ1) is 17.0. The number of rotatable bonds is 3. The number of aromatic nitrogens is 4. The maximum atomic E-state index is 12.1. The van der Waals surface area contributed by atoms with Crippen molar-refractivity contribution in [2.45, 2.75) is 32.2 Å². The van der Waals surface area contributed by atoms with Crippen LogP contribution in [-0.2, 0) is 6.54 Å². The summed E-state index contributed by atoms with van der Waals surface area (Å²) in [6.07, 6.45) is 2.33. The fourth-order valence-corrected chi connectivity index (χ4v) is 5.76. The van der Waals surface area contributed by atoms with E-state index in [9.17, 15) is 4.79 Å². The van der Waals surface area contributed by atoms with Crippen LogP contribution in [0.15, 0.2) is 35.1 Å². The summed E-state index contributed by atoms with van der Waals surface area (Å²) in [6, 6.07) is 9.88. The van der Waals surface area contributed by atoms with Crippen LogP contribution >= 0.6 is 22.7 Å². The van der Waals surface area contributed by atoms with Crippen LogP contribution < -0.4 is 5.56 Å². The van der Waals surface area contributed by atoms with Gasteiger partial charge in [-0.2, -0.15) is 9.61 Å². The number of fused-ring (bicyclic) bond motifs is 2. The van der Waals surface area contributed by atoms with E-state index in [1.165, 1.54) is 38.0 Å². The van der Waals surface area contributed by atoms with Crippen LogP contribution in [0.5, 0.6) is 0 Å². The van der Waals surface area contributed by atoms with E-state index >= 15 is 0 Å². The average molecular weight is 398 g/mol. The standard InChI is InChI=1S/C19H19N5OS2/c1-12-9-17(25)24-19(20-12)27-16(22-24)11-23-8-4-5-13(10-23)18-21-14-6-2-3-7-15(14)26-18/h2-3,6-7,9,13H,4-5,8,10-11H2,1H3/t13-/m0/s1. The molecule has 1 aliphatic heterocycles. The first-order chi connectivity index (χ1) is 13.2. The van der Waals surface area contributed by atoms with Crippen molar-refractivity contribution in [2.75, 3.05) is 13.1 Å². The Hall–Kier alpha value is -2.16. The van der Waals surface area contributed by atoms with Crippen LogP contribution in [0.3, 0.4) is 0 Å². The predicted molar refractivity (Wildman–Crippen MR) is 109 cm³/mol. The van der Waals surface area contributed by atoms with Gasteiger partial charge in [-0.05, 0) is 38.4 Å². The highest BCUT2D eigenvalue weighted by atomic mass is 32.1. The number of aryl methyl sites for hydroxylation is 1. The molecule has 27 heavy (non-hydrogen) atoms. The second-order valence-electron chi connectivity index (χ2n) is 7.02. The second kappa shape index (κ2) is 6.78. The van der Waals surface area contributed by atoms with E-state index in [1.807, 2.05) is 24.3 Å². The number of likely N-dealkylation sites (tertiary alicyclic amines) is 1. The fraction of sp³-hybridized carbons (Fsp3) is 0.368. The zero-order chi connectivity index (χ0) is 18.4. The van der Waals surface area contributed by atoms with Gasteiger partial charge in [-0.25, -0.2) is 9.97 Å². The molecule has 0 bridgehead atoms. The van der Waals surface area contributed by atoms with E-state index in [0.29, 0.717) is 10.9 Å². The molecule has 4 heterocycles. The molecule has 1 atom stereocenters. The summed E-state index contributed by atoms with van der Waals surface area (Å²) in [5.41, 5.74) is 1.73. The van der Waals surface area contributed by atoms with E-state index in [2.05, 4.69) is 33.2 Å². The summed E-state index contributed by atoms with van der Waals surface area (Å²) in [6.45, 7) is 4.64. The van der Waals surface area contributed by atoms with Crippen molar-refractivity contribution in [1.82, 2.24) is 24.5 Å². The van der Waals surface area contributed by atoms with Gasteiger partial charge < -0.3 is 0 Å². The normalized spacial score (nSPS) is 18.5. The molecule has 1 aliphatic rings. The molecule has 0 N–H and O–H groups in total. The predicted octanol–water partition coefficient (Wildman–Crippen LogP) is 3.45. The molecular formula is C19H19N5OS2. The molecule has 0 radical (unpaired) electrons. The third-order valence-corrected chi connectivity index (χ3v) is 7.03. The number of hydrogen-bond donors (Lipinski definition) is 0. The Bertz CT molecular complexity index is 1140. The van der Waals surface area contributed by atoms with Crippen LogP contribution in [0, 0.1) is 6.92 Å². The molecule has 0 amide bonds. The number of piperidine rings is 1. The molecule has 4 aromatic rings. The van der Waals surface area contributed by atoms with E-state index in [-0.39, 0.29) is 5.56 Å². The van der Waals surface area contributed by atoms with Crippen LogP contribution in [0.1, 0.15) is 34.5 Å². The molecule has 1 aromatic carbocycles. The van der Waals surface area contributed by atoms with Gasteiger partial charge in [-0.1, -0.05) is 23.5 Å². The Morgan fingerprint density at radius 1 is 1.22 bits per heavy atom. The van der Waals surface area contributed by atoms with Gasteiger partial charge in [0.15, 0.2) is 0 Å². The van der Waals surface area contributed by atoms with Crippen molar-refractivity contribution in [3.63, 3.8) is 0 Å². The molecule has 0 aliphatic carbocycles. The average Bonchev–Trinajstić information content (AvgIpc) is 3.25. The van der Waals surface area contributed by atoms with Crippen LogP contribution in [0.25, 0.3) is 15.2 Å². The monoisotopic (exact) mass is 397 g/mol. The molecule has 8 heteroatoms. The highest BCUT2D eigenvalue weighted by Gasteiger charge is 2.25. The van der Waals surface area contributed by atoms with Gasteiger partial charge >= 0.3 is 0 Å². The third-order valence-electron chi connectivity index (χ3n) is 4.94. The van der Waals surface area contributed by atoms with Gasteiger partial charge in [0.05, 0.1) is 21.8 Å². The highest BCUT2D eigenvalue weighted by Crippen LogP contribution is 2.33. The lowest BCUT2D eigenvalue weighted by atomic mass is 9.99. The van der Waals surface area contributed by atoms with Crippen molar-refractivity contribution < 1.29 is 0 Å². The zero-order valence-electron chi connectivity index (χ0n) is 15.0. The van der Waals surface area contributed by atoms with Gasteiger partial charge in [0.2, 0.25) is 4.96 Å². The molecule has 1 saturated heterocycles. The van der Waals surface area contributed by atoms with Gasteiger partial charge in [0, 0.05) is 24.2 Å². The van der Waals surface area contributed by atoms with E-state index < -0.39 is 0 Å². The van der Waals surface area contributed by atoms with Crippen molar-refractivity contribution in [3.8, 4) is 0 Å². The van der Waals surface area contributed by atoms with E-state index in [4.69, 9.17) is 4.98 Å². The number of para-hydroxylation sites is 1. The summed E-state index contributed by atoms with van der Waals surface area (Å²) in [5.74, 6) is 0.466. The Kier molecular flexibility index (Phi) is 4.26. The zero-order valence-corrected chi connectivity index (χ0v) is 16.6. The fourth-order valence-electron chi connectivity index (χ4n) is 3.68. The van der Waals surface area contributed by atoms with Crippen LogP contribution in [-0.4, -0.2) is 37.6 Å². The van der Waals surface area contributed by atoms with Crippen molar-refractivity contribution in [3.05, 3.63) is 56.4 Å². The summed E-state index contributed by atoms with van der Waals surface area (Å²) < 4.78 is 2.68. The number of benzene rings is 1. The number of thiazole rings is 1. The van der Waals surface area contributed by atoms with Crippen molar-refractivity contribution >= 4 is 37.9 Å². The van der Waals surface area contributed by atoms with Gasteiger partial charge in [-0.15, -0.1) is 11.3 Å². The Labute approximate surface area is 164 Å². The maximum absolute atomic E-state index is 12.1. The minimum Gasteiger partial charge on any atom is -0.296 e. The molecular weight excluding hydrogens is 378 g/mol. The van der Waals surface area contributed by atoms with Gasteiger partial charge in [0.25, 0.3) is 5.56 Å². The summed E-state index contributed by atoms with van der Waals surface area (Å²) >= 11 is 3.32. The lowest BCUT2D eigenvalue weighted by Gasteiger charge is -2.30. The van der Waals surface area contributed by atoms with Crippen molar-refractivity contribution in [1.29, 1.82) is 0 Å². The molecule has 138 valence electrons. The van der Waals surface area contributed by atoms with Crippen LogP contribution in [0.4, 0.5) is 0 Å². The van der Waals surface area contributed by atoms with Crippen LogP contribution in [0.2, 0.25) is 0 Å². The molecule has 0 spiro atoms. The first-order valence-corrected chi connectivity index (χ1v) is 10.7. The lowest BCUT2D eigenvalue weighted by Crippen LogP contribution is -2.33.